The van der Waals surface area contributed by atoms with Gasteiger partial charge in [0.2, 0.25) is 0 Å². The summed E-state index contributed by atoms with van der Waals surface area (Å²) in [7, 11) is 1.42. The molecule has 1 amide bonds. The van der Waals surface area contributed by atoms with E-state index in [0.717, 1.165) is 18.8 Å². The lowest BCUT2D eigenvalue weighted by Gasteiger charge is -2.28. The number of benzene rings is 2. The fourth-order valence-corrected chi connectivity index (χ4v) is 3.14. The number of nitro benzene ring substituents is 1. The summed E-state index contributed by atoms with van der Waals surface area (Å²) in [4.78, 5) is 25.0. The lowest BCUT2D eigenvalue weighted by Crippen LogP contribution is -2.29. The Balaban J connectivity index is 1.56. The highest BCUT2D eigenvalue weighted by atomic mass is 16.6. The van der Waals surface area contributed by atoms with Gasteiger partial charge in [-0.1, -0.05) is 0 Å². The molecule has 1 aliphatic rings. The van der Waals surface area contributed by atoms with Gasteiger partial charge in [0.15, 0.2) is 12.4 Å². The van der Waals surface area contributed by atoms with Crippen molar-refractivity contribution >= 4 is 23.0 Å². The predicted molar refractivity (Wildman–Crippen MR) is 106 cm³/mol. The van der Waals surface area contributed by atoms with Crippen LogP contribution < -0.4 is 19.7 Å². The fourth-order valence-electron chi connectivity index (χ4n) is 3.14. The number of ether oxygens (including phenoxy) is 2. The third-order valence-corrected chi connectivity index (χ3v) is 4.59. The minimum atomic E-state index is -0.574. The van der Waals surface area contributed by atoms with Gasteiger partial charge >= 0.3 is 5.69 Å². The van der Waals surface area contributed by atoms with Gasteiger partial charge in [-0.3, -0.25) is 14.9 Å². The number of hydrogen-bond acceptors (Lipinski definition) is 6. The van der Waals surface area contributed by atoms with E-state index in [1.807, 2.05) is 24.3 Å². The molecule has 0 unspecified atom stereocenters. The number of rotatable bonds is 7. The van der Waals surface area contributed by atoms with Crippen LogP contribution in [0.3, 0.4) is 0 Å². The molecular formula is C20H23N3O5. The Morgan fingerprint density at radius 1 is 1.14 bits per heavy atom. The monoisotopic (exact) mass is 385 g/mol. The first-order valence-corrected chi connectivity index (χ1v) is 9.17. The second kappa shape index (κ2) is 9.07. The Bertz CT molecular complexity index is 832. The smallest absolute Gasteiger partial charge is 0.314 e. The van der Waals surface area contributed by atoms with Crippen LogP contribution >= 0.6 is 0 Å². The van der Waals surface area contributed by atoms with Crippen LogP contribution in [-0.4, -0.2) is 37.6 Å². The Kier molecular flexibility index (Phi) is 6.31. The molecule has 1 aliphatic heterocycles. The minimum Gasteiger partial charge on any atom is -0.496 e. The van der Waals surface area contributed by atoms with Crippen LogP contribution in [0.1, 0.15) is 19.3 Å². The third-order valence-electron chi connectivity index (χ3n) is 4.59. The maximum Gasteiger partial charge on any atom is 0.314 e. The summed E-state index contributed by atoms with van der Waals surface area (Å²) in [5, 5.41) is 13.9. The van der Waals surface area contributed by atoms with Crippen molar-refractivity contribution in [3.05, 3.63) is 52.6 Å². The van der Waals surface area contributed by atoms with E-state index in [-0.39, 0.29) is 18.0 Å². The maximum absolute atomic E-state index is 12.1. The van der Waals surface area contributed by atoms with Gasteiger partial charge < -0.3 is 19.7 Å². The van der Waals surface area contributed by atoms with Gasteiger partial charge in [-0.2, -0.15) is 0 Å². The number of piperidine rings is 1. The number of amides is 1. The summed E-state index contributed by atoms with van der Waals surface area (Å²) in [6.07, 6.45) is 3.68. The number of hydrogen-bond donors (Lipinski definition) is 1. The zero-order chi connectivity index (χ0) is 19.9. The number of nitrogens with zero attached hydrogens (tertiary/aromatic N) is 2. The number of carbonyl (C=O) groups excluding carboxylic acids is 1. The normalized spacial score (nSPS) is 13.7. The van der Waals surface area contributed by atoms with E-state index in [1.165, 1.54) is 38.5 Å². The van der Waals surface area contributed by atoms with Crippen LogP contribution in [-0.2, 0) is 4.79 Å². The lowest BCUT2D eigenvalue weighted by molar-refractivity contribution is -0.385. The molecule has 0 spiro atoms. The van der Waals surface area contributed by atoms with Crippen LogP contribution in [0.5, 0.6) is 11.5 Å². The highest BCUT2D eigenvalue weighted by Crippen LogP contribution is 2.31. The van der Waals surface area contributed by atoms with E-state index in [2.05, 4.69) is 10.2 Å². The second-order valence-corrected chi connectivity index (χ2v) is 6.52. The number of anilines is 2. The van der Waals surface area contributed by atoms with E-state index in [4.69, 9.17) is 9.47 Å². The zero-order valence-electron chi connectivity index (χ0n) is 15.7. The van der Waals surface area contributed by atoms with E-state index in [1.54, 1.807) is 6.07 Å². The topological polar surface area (TPSA) is 93.9 Å². The summed E-state index contributed by atoms with van der Waals surface area (Å²) < 4.78 is 10.3. The largest absolute Gasteiger partial charge is 0.496 e. The average molecular weight is 385 g/mol. The molecule has 8 nitrogen and oxygen atoms in total. The molecule has 0 bridgehead atoms. The Morgan fingerprint density at radius 3 is 2.50 bits per heavy atom. The molecule has 28 heavy (non-hydrogen) atoms. The first-order valence-electron chi connectivity index (χ1n) is 9.17. The van der Waals surface area contributed by atoms with Crippen LogP contribution in [0.15, 0.2) is 42.5 Å². The van der Waals surface area contributed by atoms with Crippen molar-refractivity contribution in [3.63, 3.8) is 0 Å². The molecule has 2 aromatic carbocycles. The standard InChI is InChI=1S/C20H23N3O5/c1-27-17-9-10-19(18(13-17)23(25)26)28-14-20(24)21-15-5-7-16(8-6-15)22-11-3-2-4-12-22/h5-10,13H,2-4,11-12,14H2,1H3,(H,21,24). The lowest BCUT2D eigenvalue weighted by atomic mass is 10.1. The van der Waals surface area contributed by atoms with Crippen molar-refractivity contribution in [2.24, 2.45) is 0 Å². The molecular weight excluding hydrogens is 362 g/mol. The van der Waals surface area contributed by atoms with Crippen molar-refractivity contribution in [2.45, 2.75) is 19.3 Å². The molecule has 8 heteroatoms. The fraction of sp³-hybridized carbons (Fsp3) is 0.350. The van der Waals surface area contributed by atoms with E-state index < -0.39 is 10.8 Å². The molecule has 1 saturated heterocycles. The maximum atomic E-state index is 12.1. The minimum absolute atomic E-state index is 0.0152. The highest BCUT2D eigenvalue weighted by Gasteiger charge is 2.18. The molecule has 0 aliphatic carbocycles. The molecule has 1 heterocycles. The molecule has 3 rings (SSSR count). The van der Waals surface area contributed by atoms with Crippen molar-refractivity contribution in [2.75, 3.05) is 37.0 Å². The number of carbonyl (C=O) groups is 1. The van der Waals surface area contributed by atoms with Crippen LogP contribution in [0, 0.1) is 10.1 Å². The van der Waals surface area contributed by atoms with Gasteiger partial charge in [0.25, 0.3) is 5.91 Å². The molecule has 0 radical (unpaired) electrons. The molecule has 0 saturated carbocycles. The van der Waals surface area contributed by atoms with Gasteiger partial charge in [-0.25, -0.2) is 0 Å². The first-order chi connectivity index (χ1) is 13.6. The number of nitro groups is 1. The SMILES string of the molecule is COc1ccc(OCC(=O)Nc2ccc(N3CCCCC3)cc2)c([N+](=O)[O-])c1. The summed E-state index contributed by atoms with van der Waals surface area (Å²) in [5.41, 5.74) is 1.54. The van der Waals surface area contributed by atoms with E-state index >= 15 is 0 Å². The van der Waals surface area contributed by atoms with E-state index in [0.29, 0.717) is 11.4 Å². The highest BCUT2D eigenvalue weighted by molar-refractivity contribution is 5.92. The quantitative estimate of drug-likeness (QED) is 0.578. The molecule has 148 valence electrons. The number of methoxy groups -OCH3 is 1. The van der Waals surface area contributed by atoms with Crippen LogP contribution in [0.4, 0.5) is 17.1 Å². The van der Waals surface area contributed by atoms with Crippen molar-refractivity contribution < 1.29 is 19.2 Å². The van der Waals surface area contributed by atoms with Gasteiger partial charge in [0.05, 0.1) is 18.1 Å². The summed E-state index contributed by atoms with van der Waals surface area (Å²) >= 11 is 0. The van der Waals surface area contributed by atoms with E-state index in [9.17, 15) is 14.9 Å². The molecule has 2 aromatic rings. The molecule has 1 fully saturated rings. The average Bonchev–Trinajstić information content (AvgIpc) is 2.73. The summed E-state index contributed by atoms with van der Waals surface area (Å²) in [6, 6.07) is 11.9. The zero-order valence-corrected chi connectivity index (χ0v) is 15.7. The summed E-state index contributed by atoms with van der Waals surface area (Å²) in [6.45, 7) is 1.78. The number of nitrogens with one attached hydrogen (secondary N) is 1. The van der Waals surface area contributed by atoms with Gasteiger partial charge in [-0.15, -0.1) is 0 Å². The Hall–Kier alpha value is -3.29. The summed E-state index contributed by atoms with van der Waals surface area (Å²) in [5.74, 6) is -0.0328. The van der Waals surface area contributed by atoms with Crippen molar-refractivity contribution in [1.29, 1.82) is 0 Å². The van der Waals surface area contributed by atoms with Gasteiger partial charge in [-0.05, 0) is 55.7 Å². The van der Waals surface area contributed by atoms with Crippen LogP contribution in [0.25, 0.3) is 0 Å². The Morgan fingerprint density at radius 2 is 1.86 bits per heavy atom. The third kappa shape index (κ3) is 4.91. The Labute approximate surface area is 163 Å². The second-order valence-electron chi connectivity index (χ2n) is 6.52. The van der Waals surface area contributed by atoms with Crippen molar-refractivity contribution in [1.82, 2.24) is 0 Å². The molecule has 0 aromatic heterocycles. The van der Waals surface area contributed by atoms with Crippen LogP contribution in [0.2, 0.25) is 0 Å². The van der Waals surface area contributed by atoms with Gasteiger partial charge in [0, 0.05) is 24.5 Å². The van der Waals surface area contributed by atoms with Gasteiger partial charge in [0.1, 0.15) is 5.75 Å². The molecule has 0 atom stereocenters. The predicted octanol–water partition coefficient (Wildman–Crippen LogP) is 3.61. The van der Waals surface area contributed by atoms with Crippen molar-refractivity contribution in [3.8, 4) is 11.5 Å². The molecule has 1 N–H and O–H groups in total. The first kappa shape index (κ1) is 19.5.